The van der Waals surface area contributed by atoms with Crippen molar-refractivity contribution >= 4 is 39.9 Å². The molecule has 0 bridgehead atoms. The van der Waals surface area contributed by atoms with Gasteiger partial charge >= 0.3 is 5.97 Å². The third-order valence-corrected chi connectivity index (χ3v) is 8.24. The smallest absolute Gasteiger partial charge is 0.303 e. The zero-order valence-corrected chi connectivity index (χ0v) is 27.1. The van der Waals surface area contributed by atoms with E-state index in [0.717, 1.165) is 23.1 Å². The van der Waals surface area contributed by atoms with Gasteiger partial charge in [0.2, 0.25) is 0 Å². The topological polar surface area (TPSA) is 220 Å². The third-order valence-electron chi connectivity index (χ3n) is 8.24. The number of aliphatic hydroxyl groups excluding tert-OH is 5. The van der Waals surface area contributed by atoms with Crippen molar-refractivity contribution in [3.05, 3.63) is 83.9 Å². The van der Waals surface area contributed by atoms with Crippen LogP contribution in [0.4, 0.5) is 0 Å². The van der Waals surface area contributed by atoms with Crippen LogP contribution in [0, 0.1) is 0 Å². The Kier molecular flexibility index (Phi) is 12.5. The summed E-state index contributed by atoms with van der Waals surface area (Å²) in [6.07, 6.45) is -9.16. The van der Waals surface area contributed by atoms with Crippen LogP contribution in [0.2, 0.25) is 0 Å². The Labute approximate surface area is 287 Å². The number of hydrogen-bond donors (Lipinski definition) is 7. The molecule has 7 N–H and O–H groups in total. The third kappa shape index (κ3) is 8.61. The minimum absolute atomic E-state index is 0.0101. The SMILES string of the molecule is CC(=O)O[C@H]1[C@H](O)[C@@H](O[C@H](CN=Cc2c(O)ccc3ccccc23)[C@H](CO)O[C@@H](O)CN=Cc2c(O)ccc3ccccc23)O[C@@H](CO)[C@@H]1O. The van der Waals surface area contributed by atoms with Crippen LogP contribution in [0.25, 0.3) is 21.5 Å². The molecule has 50 heavy (non-hydrogen) atoms. The van der Waals surface area contributed by atoms with E-state index in [4.69, 9.17) is 18.9 Å². The molecule has 0 aromatic heterocycles. The molecule has 4 aromatic rings. The summed E-state index contributed by atoms with van der Waals surface area (Å²) in [6, 6.07) is 21.3. The van der Waals surface area contributed by atoms with Gasteiger partial charge in [0.25, 0.3) is 0 Å². The van der Waals surface area contributed by atoms with Crippen molar-refractivity contribution in [3.8, 4) is 11.5 Å². The number of ether oxygens (including phenoxy) is 4. The molecule has 8 atom stereocenters. The zero-order chi connectivity index (χ0) is 35.8. The monoisotopic (exact) mass is 692 g/mol. The molecular weight excluding hydrogens is 652 g/mol. The van der Waals surface area contributed by atoms with Crippen molar-refractivity contribution < 1.29 is 59.5 Å². The molecule has 1 aliphatic rings. The second-order valence-electron chi connectivity index (χ2n) is 11.7. The highest BCUT2D eigenvalue weighted by Gasteiger charge is 2.48. The van der Waals surface area contributed by atoms with Crippen LogP contribution in [0.5, 0.6) is 11.5 Å². The quantitative estimate of drug-likeness (QED) is 0.0567. The first-order valence-corrected chi connectivity index (χ1v) is 15.9. The molecule has 1 saturated heterocycles. The summed E-state index contributed by atoms with van der Waals surface area (Å²) in [5.41, 5.74) is 0.842. The predicted octanol–water partition coefficient (Wildman–Crippen LogP) is 1.39. The highest BCUT2D eigenvalue weighted by atomic mass is 16.7. The van der Waals surface area contributed by atoms with Crippen molar-refractivity contribution in [1.82, 2.24) is 0 Å². The molecule has 0 spiro atoms. The number of nitrogens with zero attached hydrogens (tertiary/aromatic N) is 2. The van der Waals surface area contributed by atoms with Crippen molar-refractivity contribution in [1.29, 1.82) is 0 Å². The number of carbonyl (C=O) groups is 1. The zero-order valence-electron chi connectivity index (χ0n) is 27.1. The maximum absolute atomic E-state index is 11.7. The molecule has 1 fully saturated rings. The second-order valence-corrected chi connectivity index (χ2v) is 11.7. The number of aromatic hydroxyl groups is 2. The first kappa shape index (κ1) is 36.8. The highest BCUT2D eigenvalue weighted by Crippen LogP contribution is 2.29. The van der Waals surface area contributed by atoms with Gasteiger partial charge in [-0.05, 0) is 33.7 Å². The minimum Gasteiger partial charge on any atom is -0.507 e. The minimum atomic E-state index is -1.74. The molecule has 14 nitrogen and oxygen atoms in total. The van der Waals surface area contributed by atoms with E-state index >= 15 is 0 Å². The van der Waals surface area contributed by atoms with E-state index in [9.17, 15) is 40.5 Å². The molecule has 266 valence electrons. The maximum Gasteiger partial charge on any atom is 0.303 e. The van der Waals surface area contributed by atoms with Gasteiger partial charge in [-0.15, -0.1) is 0 Å². The summed E-state index contributed by atoms with van der Waals surface area (Å²) in [5.74, 6) is -0.858. The number of carbonyl (C=O) groups excluding carboxylic acids is 1. The number of hydrogen-bond acceptors (Lipinski definition) is 14. The summed E-state index contributed by atoms with van der Waals surface area (Å²) in [5, 5.41) is 76.7. The van der Waals surface area contributed by atoms with E-state index in [2.05, 4.69) is 9.98 Å². The van der Waals surface area contributed by atoms with Gasteiger partial charge in [0.1, 0.15) is 42.0 Å². The standard InChI is InChI=1S/C36H40N2O12/c1-20(41)47-35-33(45)31(19-40)50-36(34(35)46)49-29(16-37-14-25-23-8-4-2-6-21(23)10-12-27(25)42)30(18-39)48-32(44)17-38-15-26-24-9-5-3-7-22(24)11-13-28(26)43/h2-15,29-36,39-40,42-46H,16-19H2,1H3/t29-,30+,31+,32-,33+,34+,35-,36+/m1/s1. The van der Waals surface area contributed by atoms with Crippen LogP contribution in [0.15, 0.2) is 82.8 Å². The summed E-state index contributed by atoms with van der Waals surface area (Å²) < 4.78 is 22.4. The number of fused-ring (bicyclic) bond motifs is 2. The average molecular weight is 693 g/mol. The van der Waals surface area contributed by atoms with E-state index in [1.165, 1.54) is 24.6 Å². The molecule has 5 rings (SSSR count). The Balaban J connectivity index is 1.37. The average Bonchev–Trinajstić information content (AvgIpc) is 3.11. The van der Waals surface area contributed by atoms with Gasteiger partial charge in [-0.2, -0.15) is 0 Å². The van der Waals surface area contributed by atoms with Gasteiger partial charge in [0.05, 0.1) is 26.3 Å². The van der Waals surface area contributed by atoms with E-state index in [-0.39, 0.29) is 24.6 Å². The lowest BCUT2D eigenvalue weighted by Crippen LogP contribution is -2.61. The Hall–Kier alpha value is -4.51. The molecule has 14 heteroatoms. The fraction of sp³-hybridized carbons (Fsp3) is 0.361. The Bertz CT molecular complexity index is 1820. The number of benzene rings is 4. The highest BCUT2D eigenvalue weighted by molar-refractivity contribution is 6.03. The van der Waals surface area contributed by atoms with Gasteiger partial charge in [-0.3, -0.25) is 14.8 Å². The normalized spacial score (nSPS) is 23.0. The van der Waals surface area contributed by atoms with Gasteiger partial charge in [-0.1, -0.05) is 60.7 Å². The van der Waals surface area contributed by atoms with E-state index < -0.39 is 68.4 Å². The number of aliphatic imine (C=N–C) groups is 2. The fourth-order valence-corrected chi connectivity index (χ4v) is 5.73. The van der Waals surface area contributed by atoms with Crippen LogP contribution >= 0.6 is 0 Å². The maximum atomic E-state index is 11.7. The predicted molar refractivity (Wildman–Crippen MR) is 182 cm³/mol. The molecule has 1 heterocycles. The van der Waals surface area contributed by atoms with Crippen molar-refractivity contribution in [2.45, 2.75) is 56.1 Å². The Morgan fingerprint density at radius 1 is 0.820 bits per heavy atom. The van der Waals surface area contributed by atoms with Crippen LogP contribution in [-0.4, -0.2) is 130 Å². The summed E-state index contributed by atoms with van der Waals surface area (Å²) >= 11 is 0. The summed E-state index contributed by atoms with van der Waals surface area (Å²) in [7, 11) is 0. The van der Waals surface area contributed by atoms with Gasteiger partial charge in [0.15, 0.2) is 18.7 Å². The van der Waals surface area contributed by atoms with Crippen LogP contribution in [0.1, 0.15) is 18.1 Å². The molecule has 0 aliphatic carbocycles. The molecule has 0 unspecified atom stereocenters. The number of phenolic OH excluding ortho intramolecular Hbond substituents is 2. The first-order chi connectivity index (χ1) is 24.1. The number of rotatable bonds is 14. The van der Waals surface area contributed by atoms with Crippen molar-refractivity contribution in [3.63, 3.8) is 0 Å². The molecule has 0 radical (unpaired) electrons. The number of esters is 1. The second kappa shape index (κ2) is 16.9. The summed E-state index contributed by atoms with van der Waals surface area (Å²) in [4.78, 5) is 20.4. The van der Waals surface area contributed by atoms with E-state index in [1.807, 2.05) is 36.4 Å². The first-order valence-electron chi connectivity index (χ1n) is 15.9. The summed E-state index contributed by atoms with van der Waals surface area (Å²) in [6.45, 7) is -0.926. The van der Waals surface area contributed by atoms with Crippen molar-refractivity contribution in [2.24, 2.45) is 9.98 Å². The fourth-order valence-electron chi connectivity index (χ4n) is 5.73. The van der Waals surface area contributed by atoms with E-state index in [0.29, 0.717) is 16.5 Å². The lowest BCUT2D eigenvalue weighted by molar-refractivity contribution is -0.322. The Morgan fingerprint density at radius 3 is 1.92 bits per heavy atom. The molecule has 0 amide bonds. The molecule has 0 saturated carbocycles. The molecular formula is C36H40N2O12. The number of aliphatic hydroxyl groups is 5. The van der Waals surface area contributed by atoms with Gasteiger partial charge in [0, 0.05) is 30.5 Å². The molecule has 1 aliphatic heterocycles. The Morgan fingerprint density at radius 2 is 1.38 bits per heavy atom. The van der Waals surface area contributed by atoms with Crippen LogP contribution in [-0.2, 0) is 23.7 Å². The number of phenols is 2. The van der Waals surface area contributed by atoms with Gasteiger partial charge < -0.3 is 54.7 Å². The van der Waals surface area contributed by atoms with Crippen LogP contribution in [0.3, 0.4) is 0 Å². The largest absolute Gasteiger partial charge is 0.507 e. The lowest BCUT2D eigenvalue weighted by atomic mass is 9.99. The van der Waals surface area contributed by atoms with Gasteiger partial charge in [-0.25, -0.2) is 0 Å². The lowest BCUT2D eigenvalue weighted by Gasteiger charge is -2.42. The molecule has 4 aromatic carbocycles. The van der Waals surface area contributed by atoms with E-state index in [1.54, 1.807) is 24.3 Å². The van der Waals surface area contributed by atoms with Crippen LogP contribution < -0.4 is 0 Å². The van der Waals surface area contributed by atoms with Crippen molar-refractivity contribution in [2.75, 3.05) is 26.3 Å².